The highest BCUT2D eigenvalue weighted by Gasteiger charge is 2.28. The van der Waals surface area contributed by atoms with Crippen molar-refractivity contribution in [1.82, 2.24) is 15.5 Å². The highest BCUT2D eigenvalue weighted by molar-refractivity contribution is 6.30. The molecule has 0 radical (unpaired) electrons. The number of nitrogens with one attached hydrogen (secondary N) is 2. The van der Waals surface area contributed by atoms with Gasteiger partial charge in [-0.15, -0.1) is 0 Å². The molecule has 0 saturated carbocycles. The zero-order valence-electron chi connectivity index (χ0n) is 15.6. The Balaban J connectivity index is 2.07. The number of halogens is 1. The lowest BCUT2D eigenvalue weighted by molar-refractivity contribution is -0.124. The number of rotatable bonds is 7. The normalized spacial score (nSPS) is 17.0. The molecule has 2 N–H and O–H groups in total. The lowest BCUT2D eigenvalue weighted by atomic mass is 10.0. The molecule has 2 amide bonds. The number of methoxy groups -OCH3 is 1. The van der Waals surface area contributed by atoms with Gasteiger partial charge in [0.15, 0.2) is 0 Å². The van der Waals surface area contributed by atoms with Gasteiger partial charge in [-0.25, -0.2) is 4.79 Å². The summed E-state index contributed by atoms with van der Waals surface area (Å²) in [5.41, 5.74) is 1.08. The lowest BCUT2D eigenvalue weighted by Gasteiger charge is -2.29. The second kappa shape index (κ2) is 9.78. The van der Waals surface area contributed by atoms with Crippen molar-refractivity contribution in [1.29, 1.82) is 0 Å². The van der Waals surface area contributed by atoms with Gasteiger partial charge in [0.2, 0.25) is 5.91 Å². The molecule has 0 aliphatic carbocycles. The van der Waals surface area contributed by atoms with Crippen molar-refractivity contribution >= 4 is 23.6 Å². The number of ether oxygens (including phenoxy) is 1. The fourth-order valence-electron chi connectivity index (χ4n) is 3.25. The number of benzene rings is 1. The Morgan fingerprint density at radius 1 is 1.27 bits per heavy atom. The molecule has 7 heteroatoms. The first kappa shape index (κ1) is 20.5. The standard InChI is InChI=1S/C19H28ClN3O3/c1-13(2)17(22-19(25)26-3)18(24)21-12-16(23-9-4-5-10-23)14-7-6-8-15(20)11-14/h6-8,11,13,16-17H,4-5,9-10,12H2,1-3H3,(H,21,24)(H,22,25)/t16?,17-/m0/s1. The number of carbonyl (C=O) groups excluding carboxylic acids is 2. The van der Waals surface area contributed by atoms with E-state index in [0.717, 1.165) is 31.5 Å². The van der Waals surface area contributed by atoms with Crippen LogP contribution in [-0.2, 0) is 9.53 Å². The predicted octanol–water partition coefficient (Wildman–Crippen LogP) is 2.97. The summed E-state index contributed by atoms with van der Waals surface area (Å²) in [4.78, 5) is 26.5. The van der Waals surface area contributed by atoms with E-state index in [-0.39, 0.29) is 17.9 Å². The third kappa shape index (κ3) is 5.61. The Morgan fingerprint density at radius 2 is 1.96 bits per heavy atom. The van der Waals surface area contributed by atoms with E-state index in [1.165, 1.54) is 7.11 Å². The fraction of sp³-hybridized carbons (Fsp3) is 0.579. The van der Waals surface area contributed by atoms with Crippen molar-refractivity contribution in [2.45, 2.75) is 38.8 Å². The molecule has 1 aromatic rings. The fourth-order valence-corrected chi connectivity index (χ4v) is 3.45. The molecule has 1 heterocycles. The highest BCUT2D eigenvalue weighted by Crippen LogP contribution is 2.26. The molecular weight excluding hydrogens is 354 g/mol. The third-order valence-electron chi connectivity index (χ3n) is 4.69. The summed E-state index contributed by atoms with van der Waals surface area (Å²) in [6.07, 6.45) is 1.71. The molecular formula is C19H28ClN3O3. The lowest BCUT2D eigenvalue weighted by Crippen LogP contribution is -2.51. The first-order valence-electron chi connectivity index (χ1n) is 9.04. The molecule has 0 spiro atoms. The van der Waals surface area contributed by atoms with E-state index in [4.69, 9.17) is 11.6 Å². The van der Waals surface area contributed by atoms with Crippen LogP contribution in [0.15, 0.2) is 24.3 Å². The number of hydrogen-bond donors (Lipinski definition) is 2. The Labute approximate surface area is 160 Å². The molecule has 144 valence electrons. The van der Waals surface area contributed by atoms with Gasteiger partial charge >= 0.3 is 6.09 Å². The van der Waals surface area contributed by atoms with Crippen molar-refractivity contribution in [3.63, 3.8) is 0 Å². The Morgan fingerprint density at radius 3 is 2.54 bits per heavy atom. The van der Waals surface area contributed by atoms with Gasteiger partial charge in [-0.1, -0.05) is 37.6 Å². The van der Waals surface area contributed by atoms with Gasteiger partial charge in [0.1, 0.15) is 6.04 Å². The zero-order valence-corrected chi connectivity index (χ0v) is 16.4. The predicted molar refractivity (Wildman–Crippen MR) is 102 cm³/mol. The summed E-state index contributed by atoms with van der Waals surface area (Å²) < 4.78 is 4.62. The Hall–Kier alpha value is -1.79. The smallest absolute Gasteiger partial charge is 0.407 e. The van der Waals surface area contributed by atoms with Crippen LogP contribution < -0.4 is 10.6 Å². The van der Waals surface area contributed by atoms with Crippen LogP contribution in [0.4, 0.5) is 4.79 Å². The van der Waals surface area contributed by atoms with Crippen LogP contribution >= 0.6 is 11.6 Å². The van der Waals surface area contributed by atoms with Crippen LogP contribution in [0.3, 0.4) is 0 Å². The van der Waals surface area contributed by atoms with Gasteiger partial charge in [-0.3, -0.25) is 9.69 Å². The molecule has 1 aliphatic rings. The van der Waals surface area contributed by atoms with Gasteiger partial charge in [-0.05, 0) is 49.5 Å². The first-order chi connectivity index (χ1) is 12.4. The van der Waals surface area contributed by atoms with E-state index in [1.807, 2.05) is 38.1 Å². The summed E-state index contributed by atoms with van der Waals surface area (Å²) in [5, 5.41) is 6.28. The van der Waals surface area contributed by atoms with Crippen LogP contribution in [0.2, 0.25) is 5.02 Å². The third-order valence-corrected chi connectivity index (χ3v) is 4.93. The maximum absolute atomic E-state index is 12.6. The van der Waals surface area contributed by atoms with Crippen LogP contribution in [0.5, 0.6) is 0 Å². The summed E-state index contributed by atoms with van der Waals surface area (Å²) in [6, 6.07) is 7.18. The minimum Gasteiger partial charge on any atom is -0.453 e. The highest BCUT2D eigenvalue weighted by atomic mass is 35.5. The SMILES string of the molecule is COC(=O)N[C@H](C(=O)NCC(c1cccc(Cl)c1)N1CCCC1)C(C)C. The summed E-state index contributed by atoms with van der Waals surface area (Å²) in [7, 11) is 1.28. The minimum absolute atomic E-state index is 0.0505. The van der Waals surface area contributed by atoms with Crippen molar-refractivity contribution in [2.75, 3.05) is 26.7 Å². The van der Waals surface area contributed by atoms with E-state index < -0.39 is 12.1 Å². The Kier molecular flexibility index (Phi) is 7.72. The number of likely N-dealkylation sites (tertiary alicyclic amines) is 1. The first-order valence-corrected chi connectivity index (χ1v) is 9.42. The molecule has 0 aromatic heterocycles. The van der Waals surface area contributed by atoms with Crippen molar-refractivity contribution in [2.24, 2.45) is 5.92 Å². The van der Waals surface area contributed by atoms with Crippen molar-refractivity contribution in [3.8, 4) is 0 Å². The van der Waals surface area contributed by atoms with Crippen molar-refractivity contribution < 1.29 is 14.3 Å². The van der Waals surface area contributed by atoms with E-state index in [9.17, 15) is 9.59 Å². The second-order valence-corrected chi connectivity index (χ2v) is 7.35. The number of nitrogens with zero attached hydrogens (tertiary/aromatic N) is 1. The van der Waals surface area contributed by atoms with E-state index in [2.05, 4.69) is 20.3 Å². The van der Waals surface area contributed by atoms with Crippen LogP contribution in [0.25, 0.3) is 0 Å². The van der Waals surface area contributed by atoms with Gasteiger partial charge in [0, 0.05) is 11.6 Å². The molecule has 1 fully saturated rings. The van der Waals surface area contributed by atoms with Gasteiger partial charge in [-0.2, -0.15) is 0 Å². The number of amides is 2. The number of hydrogen-bond acceptors (Lipinski definition) is 4. The summed E-state index contributed by atoms with van der Waals surface area (Å²) in [5.74, 6) is -0.262. The molecule has 1 aliphatic heterocycles. The molecule has 1 unspecified atom stereocenters. The molecule has 1 saturated heterocycles. The average Bonchev–Trinajstić information content (AvgIpc) is 3.13. The van der Waals surface area contributed by atoms with E-state index in [0.29, 0.717) is 11.6 Å². The molecule has 26 heavy (non-hydrogen) atoms. The molecule has 6 nitrogen and oxygen atoms in total. The molecule has 0 bridgehead atoms. The average molecular weight is 382 g/mol. The van der Waals surface area contributed by atoms with Gasteiger partial charge in [0.25, 0.3) is 0 Å². The number of carbonyl (C=O) groups is 2. The van der Waals surface area contributed by atoms with E-state index >= 15 is 0 Å². The maximum atomic E-state index is 12.6. The largest absolute Gasteiger partial charge is 0.453 e. The van der Waals surface area contributed by atoms with Crippen molar-refractivity contribution in [3.05, 3.63) is 34.9 Å². The monoisotopic (exact) mass is 381 g/mol. The Bertz CT molecular complexity index is 618. The quantitative estimate of drug-likeness (QED) is 0.761. The summed E-state index contributed by atoms with van der Waals surface area (Å²) >= 11 is 6.16. The molecule has 2 rings (SSSR count). The minimum atomic E-state index is -0.638. The van der Waals surface area contributed by atoms with Gasteiger partial charge in [0.05, 0.1) is 13.2 Å². The zero-order chi connectivity index (χ0) is 19.1. The molecule has 2 atom stereocenters. The second-order valence-electron chi connectivity index (χ2n) is 6.92. The molecule has 1 aromatic carbocycles. The van der Waals surface area contributed by atoms with E-state index in [1.54, 1.807) is 0 Å². The van der Waals surface area contributed by atoms with Crippen LogP contribution in [0.1, 0.15) is 38.3 Å². The topological polar surface area (TPSA) is 70.7 Å². The summed E-state index contributed by atoms with van der Waals surface area (Å²) in [6.45, 7) is 6.23. The van der Waals surface area contributed by atoms with Crippen LogP contribution in [0, 0.1) is 5.92 Å². The number of alkyl carbamates (subject to hydrolysis) is 1. The van der Waals surface area contributed by atoms with Crippen LogP contribution in [-0.4, -0.2) is 49.7 Å². The maximum Gasteiger partial charge on any atom is 0.407 e. The van der Waals surface area contributed by atoms with Gasteiger partial charge < -0.3 is 15.4 Å².